The third-order valence-electron chi connectivity index (χ3n) is 13.6. The van der Waals surface area contributed by atoms with Crippen LogP contribution in [0.3, 0.4) is 0 Å². The van der Waals surface area contributed by atoms with Crippen LogP contribution in [-0.4, -0.2) is 14.8 Å². The van der Waals surface area contributed by atoms with E-state index >= 15 is 4.39 Å². The van der Waals surface area contributed by atoms with Crippen LogP contribution >= 0.6 is 0 Å². The number of allylic oxidation sites excluding steroid dienone is 4. The molecule has 0 saturated heterocycles. The van der Waals surface area contributed by atoms with Gasteiger partial charge in [0.25, 0.3) is 0 Å². The number of aromatic nitrogens is 2. The van der Waals surface area contributed by atoms with Gasteiger partial charge in [-0.1, -0.05) is 104 Å². The molecule has 0 radical (unpaired) electrons. The quantitative estimate of drug-likeness (QED) is 0.144. The lowest BCUT2D eigenvalue weighted by Crippen LogP contribution is -2.22. The van der Waals surface area contributed by atoms with Gasteiger partial charge in [-0.05, 0) is 158 Å². The summed E-state index contributed by atoms with van der Waals surface area (Å²) in [5.41, 5.74) is 14.7. The van der Waals surface area contributed by atoms with E-state index in [1.165, 1.54) is 34.3 Å². The molecule has 0 N–H and O–H groups in total. The second kappa shape index (κ2) is 16.6. The Hall–Kier alpha value is -8.22. The van der Waals surface area contributed by atoms with Gasteiger partial charge in [0.2, 0.25) is 0 Å². The predicted octanol–water partition coefficient (Wildman–Crippen LogP) is 16.9. The number of rotatable bonds is 9. The summed E-state index contributed by atoms with van der Waals surface area (Å²) < 4.78 is 34.4. The van der Waals surface area contributed by atoms with Gasteiger partial charge in [-0.3, -0.25) is 0 Å². The van der Waals surface area contributed by atoms with E-state index in [0.717, 1.165) is 84.9 Å². The Labute approximate surface area is 395 Å². The van der Waals surface area contributed by atoms with Crippen LogP contribution in [-0.2, 0) is 6.42 Å². The molecule has 2 aliphatic rings. The van der Waals surface area contributed by atoms with Crippen molar-refractivity contribution in [1.29, 1.82) is 0 Å². The van der Waals surface area contributed by atoms with Gasteiger partial charge < -0.3 is 18.9 Å². The largest absolute Gasteiger partial charge is 0.313 e. The first-order valence-corrected chi connectivity index (χ1v) is 23.4. The van der Waals surface area contributed by atoms with Gasteiger partial charge in [-0.25, -0.2) is 8.78 Å². The molecule has 0 spiro atoms. The molecule has 2 atom stereocenters. The molecule has 0 fully saturated rings. The molecule has 2 aromatic heterocycles. The molecular formula is C62H48F2N4. The van der Waals surface area contributed by atoms with Crippen molar-refractivity contribution in [1.82, 2.24) is 9.13 Å². The normalized spacial score (nSPS) is 16.6. The van der Waals surface area contributed by atoms with Gasteiger partial charge >= 0.3 is 0 Å². The van der Waals surface area contributed by atoms with Crippen LogP contribution in [0, 0.1) is 11.7 Å². The average Bonchev–Trinajstić information content (AvgIpc) is 3.88. The molecule has 0 bridgehead atoms. The molecule has 0 amide bonds. The summed E-state index contributed by atoms with van der Waals surface area (Å²) in [7, 11) is 0. The maximum Gasteiger partial charge on any atom is 0.130 e. The van der Waals surface area contributed by atoms with Crippen molar-refractivity contribution in [3.8, 4) is 22.5 Å². The lowest BCUT2D eigenvalue weighted by Gasteiger charge is -2.30. The minimum Gasteiger partial charge on any atom is -0.313 e. The molecule has 6 heteroatoms. The lowest BCUT2D eigenvalue weighted by atomic mass is 9.94. The van der Waals surface area contributed by atoms with Crippen LogP contribution in [0.2, 0.25) is 0 Å². The molecular weight excluding hydrogens is 839 g/mol. The Morgan fingerprint density at radius 1 is 0.515 bits per heavy atom. The van der Waals surface area contributed by atoms with Crippen LogP contribution in [0.15, 0.2) is 224 Å². The number of benzene rings is 8. The Kier molecular flexibility index (Phi) is 10.1. The average molecular weight is 887 g/mol. The lowest BCUT2D eigenvalue weighted by molar-refractivity contribution is 0.259. The number of hydrogen-bond donors (Lipinski definition) is 0. The fourth-order valence-electron chi connectivity index (χ4n) is 10.3. The number of hydrogen-bond acceptors (Lipinski definition) is 2. The van der Waals surface area contributed by atoms with Crippen molar-refractivity contribution in [3.05, 3.63) is 241 Å². The minimum atomic E-state index is -1.40. The van der Waals surface area contributed by atoms with Gasteiger partial charge in [0.05, 0.1) is 16.6 Å². The van der Waals surface area contributed by atoms with Gasteiger partial charge in [-0.15, -0.1) is 0 Å². The van der Waals surface area contributed by atoms with Crippen LogP contribution in [0.25, 0.3) is 61.3 Å². The zero-order chi connectivity index (χ0) is 45.9. The van der Waals surface area contributed by atoms with Crippen molar-refractivity contribution < 1.29 is 8.78 Å². The first kappa shape index (κ1) is 41.2. The number of para-hydroxylation sites is 3. The monoisotopic (exact) mass is 886 g/mol. The van der Waals surface area contributed by atoms with E-state index in [2.05, 4.69) is 202 Å². The first-order valence-electron chi connectivity index (χ1n) is 23.4. The zero-order valence-corrected chi connectivity index (χ0v) is 37.9. The first-order chi connectivity index (χ1) is 33.3. The highest BCUT2D eigenvalue weighted by Gasteiger charge is 2.27. The van der Waals surface area contributed by atoms with Crippen LogP contribution in [0.1, 0.15) is 31.5 Å². The molecule has 2 aliphatic carbocycles. The van der Waals surface area contributed by atoms with Gasteiger partial charge in [0.1, 0.15) is 11.5 Å². The fraction of sp³-hybridized carbons (Fsp3) is 0.0968. The maximum absolute atomic E-state index is 15.2. The molecule has 330 valence electrons. The van der Waals surface area contributed by atoms with E-state index in [1.54, 1.807) is 13.0 Å². The van der Waals surface area contributed by atoms with Crippen molar-refractivity contribution in [2.24, 2.45) is 5.92 Å². The van der Waals surface area contributed by atoms with Gasteiger partial charge in [0.15, 0.2) is 0 Å². The Balaban J connectivity index is 0.907. The molecule has 68 heavy (non-hydrogen) atoms. The van der Waals surface area contributed by atoms with Gasteiger partial charge in [-0.2, -0.15) is 0 Å². The number of halogens is 2. The topological polar surface area (TPSA) is 16.3 Å². The summed E-state index contributed by atoms with van der Waals surface area (Å²) in [4.78, 5) is 4.43. The fourth-order valence-corrected chi connectivity index (χ4v) is 10.3. The molecule has 0 aliphatic heterocycles. The predicted molar refractivity (Wildman–Crippen MR) is 280 cm³/mol. The van der Waals surface area contributed by atoms with Crippen LogP contribution < -0.4 is 9.80 Å². The van der Waals surface area contributed by atoms with Crippen LogP contribution in [0.5, 0.6) is 0 Å². The molecule has 4 nitrogen and oxygen atoms in total. The highest BCUT2D eigenvalue weighted by atomic mass is 19.1. The third-order valence-corrected chi connectivity index (χ3v) is 13.6. The summed E-state index contributed by atoms with van der Waals surface area (Å²) in [6.07, 6.45) is 11.5. The summed E-state index contributed by atoms with van der Waals surface area (Å²) >= 11 is 0. The molecule has 12 rings (SSSR count). The summed E-state index contributed by atoms with van der Waals surface area (Å²) in [5, 5.41) is 3.49. The van der Waals surface area contributed by atoms with Crippen molar-refractivity contribution in [3.63, 3.8) is 0 Å². The standard InChI is InChI=1S/C62H48F2N4/c1-42-17-32-55-57-41-53(31-34-60(57)68(61(55)39-42)47-13-7-4-8-14-47)66(51-35-37-62(2,64)38-36-51)49-26-20-44(21-27-49)43-18-24-48(25-19-43)65(50-28-22-45(63)23-29-50)52-30-33-59-56(40-52)54-15-9-10-16-58(54)67(59)46-11-5-3-6-12-46/h3-37,40-42H,38-39H2,1-2H3. The highest BCUT2D eigenvalue weighted by molar-refractivity contribution is 6.10. The molecule has 8 aromatic carbocycles. The molecule has 2 unspecified atom stereocenters. The number of anilines is 5. The van der Waals surface area contributed by atoms with E-state index in [1.807, 2.05) is 30.4 Å². The van der Waals surface area contributed by atoms with E-state index in [0.29, 0.717) is 12.3 Å². The third kappa shape index (κ3) is 7.30. The van der Waals surface area contributed by atoms with Crippen LogP contribution in [0.4, 0.5) is 37.2 Å². The van der Waals surface area contributed by atoms with Crippen molar-refractivity contribution in [2.75, 3.05) is 9.80 Å². The van der Waals surface area contributed by atoms with E-state index < -0.39 is 5.67 Å². The summed E-state index contributed by atoms with van der Waals surface area (Å²) in [5.74, 6) is 0.161. The zero-order valence-electron chi connectivity index (χ0n) is 37.9. The Morgan fingerprint density at radius 3 is 1.66 bits per heavy atom. The minimum absolute atomic E-state index is 0.280. The SMILES string of the molecule is CC1C=Cc2c(n(-c3ccccc3)c3ccc(N(C4=CCC(C)(F)C=C4)c4ccc(-c5ccc(N(c6ccc(F)cc6)c6ccc7c(c6)c6ccccc6n7-c6ccccc6)cc5)cc4)cc23)C1. The molecule has 10 aromatic rings. The number of nitrogens with zero attached hydrogens (tertiary/aromatic N) is 4. The van der Waals surface area contributed by atoms with Crippen molar-refractivity contribution >= 4 is 67.2 Å². The number of alkyl halides is 1. The molecule has 0 saturated carbocycles. The summed E-state index contributed by atoms with van der Waals surface area (Å²) in [6, 6.07) is 66.8. The number of fused-ring (bicyclic) bond motifs is 6. The smallest absolute Gasteiger partial charge is 0.130 e. The molecule has 2 heterocycles. The van der Waals surface area contributed by atoms with Crippen molar-refractivity contribution in [2.45, 2.75) is 32.4 Å². The Bertz CT molecular complexity index is 3600. The Morgan fingerprint density at radius 2 is 1.03 bits per heavy atom. The second-order valence-electron chi connectivity index (χ2n) is 18.3. The maximum atomic E-state index is 15.2. The van der Waals surface area contributed by atoms with E-state index in [9.17, 15) is 4.39 Å². The summed E-state index contributed by atoms with van der Waals surface area (Å²) in [6.45, 7) is 3.90. The second-order valence-corrected chi connectivity index (χ2v) is 18.3. The highest BCUT2D eigenvalue weighted by Crippen LogP contribution is 2.43. The van der Waals surface area contributed by atoms with E-state index in [-0.39, 0.29) is 5.82 Å². The van der Waals surface area contributed by atoms with E-state index in [4.69, 9.17) is 0 Å². The van der Waals surface area contributed by atoms with Gasteiger partial charge in [0, 0.05) is 79.3 Å².